The summed E-state index contributed by atoms with van der Waals surface area (Å²) < 4.78 is 15.8. The van der Waals surface area contributed by atoms with Crippen molar-refractivity contribution in [3.63, 3.8) is 0 Å². The summed E-state index contributed by atoms with van der Waals surface area (Å²) in [7, 11) is 1.61. The van der Waals surface area contributed by atoms with Crippen molar-refractivity contribution in [1.29, 1.82) is 0 Å². The Bertz CT molecular complexity index is 362. The standard InChI is InChI=1S/C16H29NO6/c1-21-6-7-23-11-16(8-13(18)14(19)9-16)10-17-15(20)12-2-4-22-5-3-12/h12-14,18-19H,2-11H2,1H3,(H,17,20)/t13-,14+,16?. The van der Waals surface area contributed by atoms with Gasteiger partial charge in [-0.05, 0) is 25.7 Å². The zero-order valence-corrected chi connectivity index (χ0v) is 13.8. The van der Waals surface area contributed by atoms with E-state index in [4.69, 9.17) is 14.2 Å². The number of nitrogens with one attached hydrogen (secondary N) is 1. The van der Waals surface area contributed by atoms with Gasteiger partial charge in [-0.15, -0.1) is 0 Å². The van der Waals surface area contributed by atoms with E-state index in [1.54, 1.807) is 7.11 Å². The van der Waals surface area contributed by atoms with E-state index in [0.717, 1.165) is 12.8 Å². The first-order chi connectivity index (χ1) is 11.1. The maximum absolute atomic E-state index is 12.3. The highest BCUT2D eigenvalue weighted by Gasteiger charge is 2.44. The Morgan fingerprint density at radius 1 is 1.22 bits per heavy atom. The van der Waals surface area contributed by atoms with Crippen molar-refractivity contribution in [3.05, 3.63) is 0 Å². The molecule has 2 rings (SSSR count). The molecule has 1 amide bonds. The van der Waals surface area contributed by atoms with E-state index in [9.17, 15) is 15.0 Å². The monoisotopic (exact) mass is 331 g/mol. The van der Waals surface area contributed by atoms with Crippen LogP contribution in [-0.4, -0.2) is 75.0 Å². The van der Waals surface area contributed by atoms with Gasteiger partial charge in [0.05, 0.1) is 32.0 Å². The van der Waals surface area contributed by atoms with E-state index >= 15 is 0 Å². The molecule has 2 aliphatic rings. The first-order valence-electron chi connectivity index (χ1n) is 8.34. The number of carbonyl (C=O) groups is 1. The molecule has 1 saturated carbocycles. The highest BCUT2D eigenvalue weighted by atomic mass is 16.5. The van der Waals surface area contributed by atoms with Gasteiger partial charge in [0.15, 0.2) is 0 Å². The molecule has 0 bridgehead atoms. The van der Waals surface area contributed by atoms with Crippen LogP contribution < -0.4 is 5.32 Å². The summed E-state index contributed by atoms with van der Waals surface area (Å²) >= 11 is 0. The second-order valence-electron chi connectivity index (χ2n) is 6.69. The van der Waals surface area contributed by atoms with Gasteiger partial charge in [0, 0.05) is 38.2 Å². The minimum Gasteiger partial charge on any atom is -0.390 e. The molecule has 3 N–H and O–H groups in total. The Hall–Kier alpha value is -0.730. The quantitative estimate of drug-likeness (QED) is 0.528. The first kappa shape index (κ1) is 18.6. The first-order valence-corrected chi connectivity index (χ1v) is 8.34. The van der Waals surface area contributed by atoms with Crippen LogP contribution in [0.2, 0.25) is 0 Å². The van der Waals surface area contributed by atoms with Crippen molar-refractivity contribution in [1.82, 2.24) is 5.32 Å². The van der Waals surface area contributed by atoms with Crippen LogP contribution in [0.25, 0.3) is 0 Å². The molecule has 0 aromatic carbocycles. The average molecular weight is 331 g/mol. The lowest BCUT2D eigenvalue weighted by Crippen LogP contribution is -2.43. The topological polar surface area (TPSA) is 97.3 Å². The Kier molecular flexibility index (Phi) is 7.23. The van der Waals surface area contributed by atoms with Crippen LogP contribution in [0.1, 0.15) is 25.7 Å². The van der Waals surface area contributed by atoms with Crippen molar-refractivity contribution in [2.75, 3.05) is 46.7 Å². The van der Waals surface area contributed by atoms with Crippen LogP contribution in [0.15, 0.2) is 0 Å². The second kappa shape index (κ2) is 8.94. The summed E-state index contributed by atoms with van der Waals surface area (Å²) in [5, 5.41) is 22.8. The molecule has 0 aromatic heterocycles. The Labute approximate surface area is 137 Å². The highest BCUT2D eigenvalue weighted by molar-refractivity contribution is 5.78. The summed E-state index contributed by atoms with van der Waals surface area (Å²) in [6.45, 7) is 3.00. The van der Waals surface area contributed by atoms with Crippen molar-refractivity contribution in [2.24, 2.45) is 11.3 Å². The predicted octanol–water partition coefficient (Wildman–Crippen LogP) is -0.306. The molecular formula is C16H29NO6. The van der Waals surface area contributed by atoms with Crippen LogP contribution in [0.4, 0.5) is 0 Å². The number of amides is 1. The van der Waals surface area contributed by atoms with Gasteiger partial charge in [0.2, 0.25) is 5.91 Å². The predicted molar refractivity (Wildman–Crippen MR) is 82.9 cm³/mol. The van der Waals surface area contributed by atoms with Gasteiger partial charge in [-0.3, -0.25) is 4.79 Å². The van der Waals surface area contributed by atoms with Crippen LogP contribution in [0.3, 0.4) is 0 Å². The summed E-state index contributed by atoms with van der Waals surface area (Å²) in [5.74, 6) is 0.0203. The average Bonchev–Trinajstić information content (AvgIpc) is 2.85. The smallest absolute Gasteiger partial charge is 0.223 e. The molecule has 1 unspecified atom stereocenters. The number of carbonyl (C=O) groups excluding carboxylic acids is 1. The molecule has 3 atom stereocenters. The fraction of sp³-hybridized carbons (Fsp3) is 0.938. The zero-order valence-electron chi connectivity index (χ0n) is 13.8. The van der Waals surface area contributed by atoms with Crippen LogP contribution in [-0.2, 0) is 19.0 Å². The number of methoxy groups -OCH3 is 1. The third-order valence-corrected chi connectivity index (χ3v) is 4.80. The molecule has 0 radical (unpaired) electrons. The van der Waals surface area contributed by atoms with Crippen molar-refractivity contribution in [3.8, 4) is 0 Å². The Balaban J connectivity index is 1.85. The maximum atomic E-state index is 12.3. The van der Waals surface area contributed by atoms with Gasteiger partial charge in [0.1, 0.15) is 0 Å². The summed E-state index contributed by atoms with van der Waals surface area (Å²) in [5.41, 5.74) is -0.423. The van der Waals surface area contributed by atoms with Crippen LogP contribution in [0, 0.1) is 11.3 Å². The summed E-state index contributed by atoms with van der Waals surface area (Å²) in [6, 6.07) is 0. The minimum absolute atomic E-state index is 0.00791. The van der Waals surface area contributed by atoms with Crippen LogP contribution >= 0.6 is 0 Å². The Morgan fingerprint density at radius 3 is 2.48 bits per heavy atom. The van der Waals surface area contributed by atoms with Gasteiger partial charge in [0.25, 0.3) is 0 Å². The molecule has 7 nitrogen and oxygen atoms in total. The van der Waals surface area contributed by atoms with Gasteiger partial charge in [-0.2, -0.15) is 0 Å². The molecule has 0 spiro atoms. The molecule has 7 heteroatoms. The van der Waals surface area contributed by atoms with E-state index in [1.807, 2.05) is 0 Å². The number of rotatable bonds is 8. The molecule has 2 fully saturated rings. The van der Waals surface area contributed by atoms with Crippen LogP contribution in [0.5, 0.6) is 0 Å². The third-order valence-electron chi connectivity index (χ3n) is 4.80. The van der Waals surface area contributed by atoms with E-state index in [-0.39, 0.29) is 11.8 Å². The van der Waals surface area contributed by atoms with Gasteiger partial charge < -0.3 is 29.7 Å². The summed E-state index contributed by atoms with van der Waals surface area (Å²) in [6.07, 6.45) is 0.815. The molecule has 1 aliphatic carbocycles. The largest absolute Gasteiger partial charge is 0.390 e. The number of hydrogen-bond acceptors (Lipinski definition) is 6. The van der Waals surface area contributed by atoms with Crippen molar-refractivity contribution < 1.29 is 29.2 Å². The fourth-order valence-electron chi connectivity index (χ4n) is 3.37. The van der Waals surface area contributed by atoms with E-state index in [2.05, 4.69) is 5.32 Å². The molecular weight excluding hydrogens is 302 g/mol. The SMILES string of the molecule is COCCOCC1(CNC(=O)C2CCOCC2)C[C@@H](O)[C@@H](O)C1. The van der Waals surface area contributed by atoms with Gasteiger partial charge in [-0.25, -0.2) is 0 Å². The lowest BCUT2D eigenvalue weighted by atomic mass is 9.86. The molecule has 1 heterocycles. The van der Waals surface area contributed by atoms with E-state index < -0.39 is 17.6 Å². The molecule has 23 heavy (non-hydrogen) atoms. The zero-order chi connectivity index (χ0) is 16.7. The van der Waals surface area contributed by atoms with E-state index in [0.29, 0.717) is 52.4 Å². The normalized spacial score (nSPS) is 32.1. The third kappa shape index (κ3) is 5.39. The summed E-state index contributed by atoms with van der Waals surface area (Å²) in [4.78, 5) is 12.3. The lowest BCUT2D eigenvalue weighted by molar-refractivity contribution is -0.128. The second-order valence-corrected chi connectivity index (χ2v) is 6.69. The molecule has 0 aromatic rings. The molecule has 1 aliphatic heterocycles. The number of ether oxygens (including phenoxy) is 3. The van der Waals surface area contributed by atoms with Gasteiger partial charge in [-0.1, -0.05) is 0 Å². The fourth-order valence-corrected chi connectivity index (χ4v) is 3.37. The van der Waals surface area contributed by atoms with Gasteiger partial charge >= 0.3 is 0 Å². The number of aliphatic hydroxyl groups is 2. The molecule has 134 valence electrons. The maximum Gasteiger partial charge on any atom is 0.223 e. The van der Waals surface area contributed by atoms with Crippen molar-refractivity contribution >= 4 is 5.91 Å². The molecule has 1 saturated heterocycles. The number of aliphatic hydroxyl groups excluding tert-OH is 2. The van der Waals surface area contributed by atoms with Crippen molar-refractivity contribution in [2.45, 2.75) is 37.9 Å². The van der Waals surface area contributed by atoms with E-state index in [1.165, 1.54) is 0 Å². The lowest BCUT2D eigenvalue weighted by Gasteiger charge is -2.30. The number of hydrogen-bond donors (Lipinski definition) is 3. The minimum atomic E-state index is -0.763. The Morgan fingerprint density at radius 2 is 1.87 bits per heavy atom. The highest BCUT2D eigenvalue weighted by Crippen LogP contribution is 2.38.